The molecule has 2 aliphatic heterocycles. The largest absolute Gasteiger partial charge is 0.493 e. The first-order chi connectivity index (χ1) is 15.0. The molecule has 0 unspecified atom stereocenters. The van der Waals surface area contributed by atoms with Gasteiger partial charge in [-0.1, -0.05) is 12.1 Å². The van der Waals surface area contributed by atoms with Crippen molar-refractivity contribution in [2.24, 2.45) is 5.73 Å². The number of benzene rings is 2. The number of likely N-dealkylation sites (N-methyl/N-ethyl adjacent to an activating group) is 1. The van der Waals surface area contributed by atoms with Crippen LogP contribution in [0, 0.1) is 0 Å². The number of ether oxygens (including phenoxy) is 4. The lowest BCUT2D eigenvalue weighted by Gasteiger charge is -2.28. The van der Waals surface area contributed by atoms with Gasteiger partial charge in [-0.25, -0.2) is 0 Å². The summed E-state index contributed by atoms with van der Waals surface area (Å²) in [5, 5.41) is 0. The number of amides is 1. The first kappa shape index (κ1) is 21.4. The number of carbonyl (C=O) groups excluding carboxylic acids is 1. The maximum atomic E-state index is 13.1. The molecule has 2 heterocycles. The number of carbonyl (C=O) groups is 1. The summed E-state index contributed by atoms with van der Waals surface area (Å²) >= 11 is 0. The van der Waals surface area contributed by atoms with Crippen LogP contribution in [0.4, 0.5) is 5.69 Å². The fraction of sp³-hybridized carbons (Fsp3) is 0.375. The van der Waals surface area contributed by atoms with E-state index in [2.05, 4.69) is 0 Å². The third-order valence-electron chi connectivity index (χ3n) is 5.65. The molecule has 2 aromatic carbocycles. The Balaban J connectivity index is 1.78. The van der Waals surface area contributed by atoms with Crippen molar-refractivity contribution in [2.45, 2.75) is 19.1 Å². The van der Waals surface area contributed by atoms with Gasteiger partial charge in [0.15, 0.2) is 17.3 Å². The second-order valence-corrected chi connectivity index (χ2v) is 7.49. The van der Waals surface area contributed by atoms with Crippen LogP contribution in [0.3, 0.4) is 0 Å². The van der Waals surface area contributed by atoms with E-state index >= 15 is 0 Å². The molecule has 0 aromatic heterocycles. The Morgan fingerprint density at radius 1 is 1.16 bits per heavy atom. The molecule has 0 atom stereocenters. The van der Waals surface area contributed by atoms with E-state index in [0.717, 1.165) is 22.4 Å². The van der Waals surface area contributed by atoms with E-state index in [1.807, 2.05) is 49.4 Å². The molecule has 0 aliphatic carbocycles. The van der Waals surface area contributed by atoms with Crippen LogP contribution in [0.5, 0.6) is 11.5 Å². The quantitative estimate of drug-likeness (QED) is 0.688. The number of anilines is 1. The van der Waals surface area contributed by atoms with Crippen molar-refractivity contribution in [3.63, 3.8) is 0 Å². The van der Waals surface area contributed by atoms with Crippen LogP contribution in [0.1, 0.15) is 30.0 Å². The molecule has 2 aromatic rings. The highest BCUT2D eigenvalue weighted by Crippen LogP contribution is 2.42. The second kappa shape index (κ2) is 8.70. The van der Waals surface area contributed by atoms with E-state index in [9.17, 15) is 4.79 Å². The number of nitrogens with two attached hydrogens (primary N) is 1. The number of hydrogen-bond donors (Lipinski definition) is 1. The van der Waals surface area contributed by atoms with E-state index < -0.39 is 5.79 Å². The Morgan fingerprint density at radius 3 is 2.61 bits per heavy atom. The molecule has 7 nitrogen and oxygen atoms in total. The first-order valence-electron chi connectivity index (χ1n) is 10.5. The zero-order chi connectivity index (χ0) is 22.0. The molecule has 0 bridgehead atoms. The van der Waals surface area contributed by atoms with Gasteiger partial charge in [0.05, 0.1) is 32.6 Å². The predicted octanol–water partition coefficient (Wildman–Crippen LogP) is 3.16. The Morgan fingerprint density at radius 2 is 1.94 bits per heavy atom. The average Bonchev–Trinajstić information content (AvgIpc) is 3.34. The fourth-order valence-electron chi connectivity index (χ4n) is 4.14. The monoisotopic (exact) mass is 424 g/mol. The topological polar surface area (TPSA) is 83.3 Å². The van der Waals surface area contributed by atoms with Crippen LogP contribution >= 0.6 is 0 Å². The van der Waals surface area contributed by atoms with E-state index in [-0.39, 0.29) is 5.91 Å². The van der Waals surface area contributed by atoms with Gasteiger partial charge in [-0.05, 0) is 49.4 Å². The zero-order valence-electron chi connectivity index (χ0n) is 18.1. The molecule has 7 heteroatoms. The molecule has 2 aliphatic rings. The molecule has 164 valence electrons. The van der Waals surface area contributed by atoms with Crippen LogP contribution < -0.4 is 20.1 Å². The molecule has 2 N–H and O–H groups in total. The molecule has 4 rings (SSSR count). The number of rotatable bonds is 7. The highest BCUT2D eigenvalue weighted by atomic mass is 16.7. The normalized spacial score (nSPS) is 18.5. The fourth-order valence-corrected chi connectivity index (χ4v) is 4.14. The summed E-state index contributed by atoms with van der Waals surface area (Å²) < 4.78 is 23.0. The zero-order valence-corrected chi connectivity index (χ0v) is 18.1. The van der Waals surface area contributed by atoms with Crippen molar-refractivity contribution in [2.75, 3.05) is 45.4 Å². The Bertz CT molecular complexity index is 1010. The van der Waals surface area contributed by atoms with Crippen LogP contribution in [0.15, 0.2) is 36.4 Å². The third-order valence-corrected chi connectivity index (χ3v) is 5.65. The minimum absolute atomic E-state index is 0.0675. The molecule has 0 saturated carbocycles. The van der Waals surface area contributed by atoms with Gasteiger partial charge in [-0.3, -0.25) is 4.79 Å². The van der Waals surface area contributed by atoms with Crippen LogP contribution in [-0.4, -0.2) is 46.4 Å². The number of hydrogen-bond acceptors (Lipinski definition) is 6. The van der Waals surface area contributed by atoms with Gasteiger partial charge < -0.3 is 29.6 Å². The molecule has 0 radical (unpaired) electrons. The minimum Gasteiger partial charge on any atom is -0.493 e. The first-order valence-corrected chi connectivity index (χ1v) is 10.5. The van der Waals surface area contributed by atoms with Gasteiger partial charge in [0.25, 0.3) is 5.91 Å². The highest BCUT2D eigenvalue weighted by molar-refractivity contribution is 6.35. The van der Waals surface area contributed by atoms with Gasteiger partial charge >= 0.3 is 0 Å². The smallest absolute Gasteiger partial charge is 0.258 e. The maximum absolute atomic E-state index is 13.1. The summed E-state index contributed by atoms with van der Waals surface area (Å²) in [6.45, 7) is 3.91. The van der Waals surface area contributed by atoms with Crippen molar-refractivity contribution in [1.82, 2.24) is 0 Å². The van der Waals surface area contributed by atoms with Crippen molar-refractivity contribution < 1.29 is 23.7 Å². The third kappa shape index (κ3) is 3.80. The van der Waals surface area contributed by atoms with Crippen molar-refractivity contribution in [3.05, 3.63) is 53.1 Å². The maximum Gasteiger partial charge on any atom is 0.258 e. The Labute approximate surface area is 182 Å². The number of methoxy groups -OCH3 is 1. The average molecular weight is 424 g/mol. The molecule has 31 heavy (non-hydrogen) atoms. The van der Waals surface area contributed by atoms with Crippen LogP contribution in [-0.2, 0) is 20.1 Å². The van der Waals surface area contributed by atoms with Crippen LogP contribution in [0.2, 0.25) is 0 Å². The van der Waals surface area contributed by atoms with E-state index in [1.165, 1.54) is 0 Å². The Kier molecular flexibility index (Phi) is 6.00. The second-order valence-electron chi connectivity index (χ2n) is 7.49. The summed E-state index contributed by atoms with van der Waals surface area (Å²) in [5.74, 6) is 0.367. The summed E-state index contributed by atoms with van der Waals surface area (Å²) in [4.78, 5) is 14.7. The van der Waals surface area contributed by atoms with Crippen molar-refractivity contribution >= 4 is 23.2 Å². The van der Waals surface area contributed by atoms with E-state index in [1.54, 1.807) is 19.1 Å². The lowest BCUT2D eigenvalue weighted by molar-refractivity contribution is -0.168. The van der Waals surface area contributed by atoms with Crippen LogP contribution in [0.25, 0.3) is 11.6 Å². The van der Waals surface area contributed by atoms with E-state index in [0.29, 0.717) is 49.9 Å². The van der Waals surface area contributed by atoms with Gasteiger partial charge in [-0.2, -0.15) is 0 Å². The molecular formula is C24H28N2O5. The Hall–Kier alpha value is -2.87. The molecular weight excluding hydrogens is 396 g/mol. The standard InChI is InChI=1S/C24H28N2O5/c1-4-29-22-14-16(5-8-21(22)28-3)13-19-18-15-17(6-7-20(18)26(2)23(19)27)24(9-10-25)30-11-12-31-24/h5-8,13-15H,4,9-12,25H2,1-3H3/b19-13-. The lowest BCUT2D eigenvalue weighted by Crippen LogP contribution is -2.30. The summed E-state index contributed by atoms with van der Waals surface area (Å²) in [7, 11) is 3.38. The molecule has 1 amide bonds. The number of nitrogens with zero attached hydrogens (tertiary/aromatic N) is 1. The summed E-state index contributed by atoms with van der Waals surface area (Å²) in [6.07, 6.45) is 2.42. The molecule has 0 spiro atoms. The van der Waals surface area contributed by atoms with Crippen molar-refractivity contribution in [1.29, 1.82) is 0 Å². The highest BCUT2D eigenvalue weighted by Gasteiger charge is 2.40. The lowest BCUT2D eigenvalue weighted by atomic mass is 9.96. The SMILES string of the molecule is CCOc1cc(/C=C2\C(=O)N(C)c3ccc(C4(CCN)OCCO4)cc32)ccc1OC. The van der Waals surface area contributed by atoms with Crippen molar-refractivity contribution in [3.8, 4) is 11.5 Å². The number of fused-ring (bicyclic) bond motifs is 1. The summed E-state index contributed by atoms with van der Waals surface area (Å²) in [6, 6.07) is 11.5. The summed E-state index contributed by atoms with van der Waals surface area (Å²) in [5.41, 5.74) is 9.84. The van der Waals surface area contributed by atoms with Gasteiger partial charge in [0.2, 0.25) is 0 Å². The van der Waals surface area contributed by atoms with Gasteiger partial charge in [0, 0.05) is 30.2 Å². The molecule has 1 fully saturated rings. The minimum atomic E-state index is -0.860. The molecule has 1 saturated heterocycles. The van der Waals surface area contributed by atoms with Gasteiger partial charge in [0.1, 0.15) is 0 Å². The van der Waals surface area contributed by atoms with E-state index in [4.69, 9.17) is 24.7 Å². The van der Waals surface area contributed by atoms with Gasteiger partial charge in [-0.15, -0.1) is 0 Å². The predicted molar refractivity (Wildman–Crippen MR) is 119 cm³/mol.